The standard InChI is InChI=1S/C17H23F2N5OS/c1-3-17(18,19)9-8-10(24-6-4-16(2,22)5-7-24)23-15-11(9)12(20)13(26-15)14(21)25/h8H,3-7,20,22H2,1-2H3,(H2,21,25). The maximum atomic E-state index is 14.6. The first-order chi connectivity index (χ1) is 12.1. The van der Waals surface area contributed by atoms with E-state index in [0.29, 0.717) is 23.7 Å². The maximum Gasteiger partial charge on any atom is 0.273 e. The number of carbonyl (C=O) groups is 1. The summed E-state index contributed by atoms with van der Waals surface area (Å²) in [5.41, 5.74) is 17.0. The van der Waals surface area contributed by atoms with Crippen LogP contribution in [0.25, 0.3) is 10.2 Å². The Morgan fingerprint density at radius 2 is 2.04 bits per heavy atom. The number of aromatic nitrogens is 1. The number of carbonyl (C=O) groups excluding carboxylic acids is 1. The first-order valence-electron chi connectivity index (χ1n) is 8.50. The van der Waals surface area contributed by atoms with Crippen molar-refractivity contribution >= 4 is 39.0 Å². The molecule has 6 nitrogen and oxygen atoms in total. The van der Waals surface area contributed by atoms with Gasteiger partial charge in [0, 0.05) is 36.0 Å². The summed E-state index contributed by atoms with van der Waals surface area (Å²) in [6, 6.07) is 1.39. The van der Waals surface area contributed by atoms with E-state index >= 15 is 0 Å². The molecule has 1 saturated heterocycles. The van der Waals surface area contributed by atoms with E-state index in [1.807, 2.05) is 11.8 Å². The second kappa shape index (κ2) is 6.31. The highest BCUT2D eigenvalue weighted by Crippen LogP contribution is 2.44. The van der Waals surface area contributed by atoms with E-state index in [-0.39, 0.29) is 33.5 Å². The maximum absolute atomic E-state index is 14.6. The fraction of sp³-hybridized carbons (Fsp3) is 0.529. The van der Waals surface area contributed by atoms with Crippen molar-refractivity contribution in [1.29, 1.82) is 0 Å². The number of halogens is 2. The lowest BCUT2D eigenvalue weighted by Crippen LogP contribution is -2.48. The largest absolute Gasteiger partial charge is 0.397 e. The van der Waals surface area contributed by atoms with Crippen molar-refractivity contribution in [3.8, 4) is 0 Å². The Hall–Kier alpha value is -2.00. The number of fused-ring (bicyclic) bond motifs is 1. The van der Waals surface area contributed by atoms with Gasteiger partial charge in [0.2, 0.25) is 0 Å². The van der Waals surface area contributed by atoms with Crippen LogP contribution in [0, 0.1) is 0 Å². The Kier molecular flexibility index (Phi) is 4.56. The summed E-state index contributed by atoms with van der Waals surface area (Å²) in [5.74, 6) is -3.37. The van der Waals surface area contributed by atoms with Crippen molar-refractivity contribution in [1.82, 2.24) is 4.98 Å². The molecule has 2 aromatic heterocycles. The normalized spacial score (nSPS) is 17.7. The van der Waals surface area contributed by atoms with E-state index in [4.69, 9.17) is 17.2 Å². The van der Waals surface area contributed by atoms with Gasteiger partial charge in [-0.05, 0) is 25.8 Å². The van der Waals surface area contributed by atoms with E-state index in [9.17, 15) is 13.6 Å². The Morgan fingerprint density at radius 3 is 2.58 bits per heavy atom. The molecule has 0 spiro atoms. The number of amides is 1. The first kappa shape index (κ1) is 18.8. The second-order valence-corrected chi connectivity index (χ2v) is 8.12. The van der Waals surface area contributed by atoms with Gasteiger partial charge in [-0.2, -0.15) is 0 Å². The number of nitrogen functional groups attached to an aromatic ring is 1. The van der Waals surface area contributed by atoms with Crippen LogP contribution in [-0.2, 0) is 5.92 Å². The summed E-state index contributed by atoms with van der Waals surface area (Å²) in [4.78, 5) is 18.4. The molecule has 0 saturated carbocycles. The molecular weight excluding hydrogens is 360 g/mol. The van der Waals surface area contributed by atoms with Crippen molar-refractivity contribution in [2.75, 3.05) is 23.7 Å². The number of rotatable bonds is 4. The number of pyridine rings is 1. The smallest absolute Gasteiger partial charge is 0.273 e. The molecule has 0 aromatic carbocycles. The van der Waals surface area contributed by atoms with Gasteiger partial charge < -0.3 is 22.1 Å². The average Bonchev–Trinajstić information content (AvgIpc) is 2.91. The molecule has 6 N–H and O–H groups in total. The quantitative estimate of drug-likeness (QED) is 0.752. The highest BCUT2D eigenvalue weighted by molar-refractivity contribution is 7.21. The Balaban J connectivity index is 2.16. The van der Waals surface area contributed by atoms with Crippen LogP contribution in [0.3, 0.4) is 0 Å². The van der Waals surface area contributed by atoms with Crippen molar-refractivity contribution < 1.29 is 13.6 Å². The number of piperidine rings is 1. The van der Waals surface area contributed by atoms with E-state index in [0.717, 1.165) is 24.2 Å². The van der Waals surface area contributed by atoms with Gasteiger partial charge in [0.25, 0.3) is 11.8 Å². The highest BCUT2D eigenvalue weighted by Gasteiger charge is 2.35. The summed E-state index contributed by atoms with van der Waals surface area (Å²) in [7, 11) is 0. The van der Waals surface area contributed by atoms with E-state index in [1.165, 1.54) is 13.0 Å². The zero-order valence-corrected chi connectivity index (χ0v) is 15.6. The number of nitrogens with zero attached hydrogens (tertiary/aromatic N) is 2. The molecule has 1 aliphatic heterocycles. The number of hydrogen-bond donors (Lipinski definition) is 3. The first-order valence-corrected chi connectivity index (χ1v) is 9.32. The van der Waals surface area contributed by atoms with Gasteiger partial charge in [-0.25, -0.2) is 13.8 Å². The van der Waals surface area contributed by atoms with Crippen molar-refractivity contribution in [2.24, 2.45) is 11.5 Å². The molecule has 1 amide bonds. The fourth-order valence-electron chi connectivity index (χ4n) is 3.18. The lowest BCUT2D eigenvalue weighted by molar-refractivity contribution is -0.00671. The molecule has 1 aliphatic rings. The van der Waals surface area contributed by atoms with Gasteiger partial charge in [0.15, 0.2) is 0 Å². The van der Waals surface area contributed by atoms with Crippen LogP contribution in [0.1, 0.15) is 48.3 Å². The molecule has 3 heterocycles. The third-order valence-electron chi connectivity index (χ3n) is 4.98. The molecule has 0 unspecified atom stereocenters. The van der Waals surface area contributed by atoms with Gasteiger partial charge in [-0.1, -0.05) is 6.92 Å². The fourth-order valence-corrected chi connectivity index (χ4v) is 4.15. The van der Waals surface area contributed by atoms with Gasteiger partial charge in [-0.15, -0.1) is 11.3 Å². The number of nitrogens with two attached hydrogens (primary N) is 3. The zero-order valence-electron chi connectivity index (χ0n) is 14.8. The Morgan fingerprint density at radius 1 is 1.42 bits per heavy atom. The molecule has 2 aromatic rings. The van der Waals surface area contributed by atoms with Crippen LogP contribution in [-0.4, -0.2) is 29.5 Å². The van der Waals surface area contributed by atoms with Crippen LogP contribution in [0.4, 0.5) is 20.3 Å². The van der Waals surface area contributed by atoms with Crippen LogP contribution < -0.4 is 22.1 Å². The molecule has 1 fully saturated rings. The third-order valence-corrected chi connectivity index (χ3v) is 6.09. The van der Waals surface area contributed by atoms with E-state index < -0.39 is 11.8 Å². The molecule has 9 heteroatoms. The minimum absolute atomic E-state index is 0.0205. The van der Waals surface area contributed by atoms with Crippen molar-refractivity contribution in [3.05, 3.63) is 16.5 Å². The third kappa shape index (κ3) is 3.21. The molecule has 0 bridgehead atoms. The summed E-state index contributed by atoms with van der Waals surface area (Å²) in [5, 5.41) is 0.125. The van der Waals surface area contributed by atoms with Gasteiger partial charge >= 0.3 is 0 Å². The van der Waals surface area contributed by atoms with Crippen LogP contribution in [0.15, 0.2) is 6.07 Å². The zero-order chi connectivity index (χ0) is 19.3. The SMILES string of the molecule is CCC(F)(F)c1cc(N2CCC(C)(N)CC2)nc2sc(C(N)=O)c(N)c12. The van der Waals surface area contributed by atoms with Crippen molar-refractivity contribution in [3.63, 3.8) is 0 Å². The summed E-state index contributed by atoms with van der Waals surface area (Å²) < 4.78 is 29.3. The van der Waals surface area contributed by atoms with E-state index in [2.05, 4.69) is 4.98 Å². The molecule has 0 atom stereocenters. The number of primary amides is 1. The number of alkyl halides is 2. The van der Waals surface area contributed by atoms with Crippen molar-refractivity contribution in [2.45, 2.75) is 44.6 Å². The molecule has 3 rings (SSSR count). The summed E-state index contributed by atoms with van der Waals surface area (Å²) >= 11 is 0.955. The van der Waals surface area contributed by atoms with Crippen LogP contribution >= 0.6 is 11.3 Å². The topological polar surface area (TPSA) is 111 Å². The molecular formula is C17H23F2N5OS. The molecule has 26 heavy (non-hydrogen) atoms. The molecule has 0 aliphatic carbocycles. The lowest BCUT2D eigenvalue weighted by Gasteiger charge is -2.37. The van der Waals surface area contributed by atoms with E-state index in [1.54, 1.807) is 0 Å². The van der Waals surface area contributed by atoms with Gasteiger partial charge in [-0.3, -0.25) is 4.79 Å². The van der Waals surface area contributed by atoms with Gasteiger partial charge in [0.05, 0.1) is 5.69 Å². The average molecular weight is 383 g/mol. The number of anilines is 2. The van der Waals surface area contributed by atoms with Crippen LogP contribution in [0.2, 0.25) is 0 Å². The second-order valence-electron chi connectivity index (χ2n) is 7.12. The predicted molar refractivity (Wildman–Crippen MR) is 101 cm³/mol. The Labute approximate surface area is 154 Å². The summed E-state index contributed by atoms with van der Waals surface area (Å²) in [6.07, 6.45) is 1.10. The summed E-state index contributed by atoms with van der Waals surface area (Å²) in [6.45, 7) is 4.65. The van der Waals surface area contributed by atoms with Crippen LogP contribution in [0.5, 0.6) is 0 Å². The highest BCUT2D eigenvalue weighted by atomic mass is 32.1. The Bertz CT molecular complexity index is 854. The lowest BCUT2D eigenvalue weighted by atomic mass is 9.91. The number of thiophene rings is 1. The minimum Gasteiger partial charge on any atom is -0.397 e. The molecule has 142 valence electrons. The monoisotopic (exact) mass is 383 g/mol. The molecule has 0 radical (unpaired) electrons. The number of hydrogen-bond acceptors (Lipinski definition) is 6. The van der Waals surface area contributed by atoms with Gasteiger partial charge in [0.1, 0.15) is 15.5 Å². The minimum atomic E-state index is -3.09. The predicted octanol–water partition coefficient (Wildman–Crippen LogP) is 2.80.